The molecule has 6 nitrogen and oxygen atoms in total. The Morgan fingerprint density at radius 3 is 2.61 bits per heavy atom. The van der Waals surface area contributed by atoms with Crippen LogP contribution in [0.3, 0.4) is 0 Å². The van der Waals surface area contributed by atoms with Crippen LogP contribution >= 0.6 is 0 Å². The predicted octanol–water partition coefficient (Wildman–Crippen LogP) is 2.29. The number of rotatable bonds is 3. The van der Waals surface area contributed by atoms with E-state index in [9.17, 15) is 14.9 Å². The van der Waals surface area contributed by atoms with E-state index < -0.39 is 4.92 Å². The van der Waals surface area contributed by atoms with Crippen molar-refractivity contribution >= 4 is 11.5 Å². The van der Waals surface area contributed by atoms with Gasteiger partial charge in [0.25, 0.3) is 5.69 Å². The van der Waals surface area contributed by atoms with Gasteiger partial charge in [-0.1, -0.05) is 0 Å². The first-order chi connectivity index (χ1) is 8.49. The Hall–Kier alpha value is -2.50. The highest BCUT2D eigenvalue weighted by atomic mass is 16.6. The quantitative estimate of drug-likeness (QED) is 0.472. The van der Waals surface area contributed by atoms with Crippen LogP contribution in [-0.2, 0) is 0 Å². The van der Waals surface area contributed by atoms with Gasteiger partial charge < -0.3 is 0 Å². The van der Waals surface area contributed by atoms with Gasteiger partial charge in [0, 0.05) is 17.8 Å². The summed E-state index contributed by atoms with van der Waals surface area (Å²) < 4.78 is 1.43. The number of ketones is 1. The summed E-state index contributed by atoms with van der Waals surface area (Å²) in [6.45, 7) is 3.17. The summed E-state index contributed by atoms with van der Waals surface area (Å²) in [6, 6.07) is 6.11. The average molecular weight is 245 g/mol. The van der Waals surface area contributed by atoms with Crippen molar-refractivity contribution in [2.45, 2.75) is 13.8 Å². The van der Waals surface area contributed by atoms with Gasteiger partial charge in [0.1, 0.15) is 5.69 Å². The molecule has 1 aromatic carbocycles. The molecule has 0 aliphatic heterocycles. The lowest BCUT2D eigenvalue weighted by Gasteiger charge is -2.04. The summed E-state index contributed by atoms with van der Waals surface area (Å²) in [5, 5.41) is 15.2. The molecule has 0 fully saturated rings. The van der Waals surface area contributed by atoms with E-state index in [1.807, 2.05) is 0 Å². The Bertz CT molecular complexity index is 631. The first kappa shape index (κ1) is 12.0. The van der Waals surface area contributed by atoms with E-state index in [4.69, 9.17) is 0 Å². The molecule has 2 rings (SSSR count). The van der Waals surface area contributed by atoms with E-state index in [2.05, 4.69) is 5.10 Å². The Labute approximate surface area is 103 Å². The number of nitrogens with zero attached hydrogens (tertiary/aromatic N) is 3. The molecule has 0 atom stereocenters. The minimum absolute atomic E-state index is 0.134. The van der Waals surface area contributed by atoms with Gasteiger partial charge in [-0.05, 0) is 32.0 Å². The average Bonchev–Trinajstić information content (AvgIpc) is 2.74. The molecule has 0 spiro atoms. The maximum absolute atomic E-state index is 11.2. The molecule has 0 saturated carbocycles. The molecule has 0 amide bonds. The lowest BCUT2D eigenvalue weighted by Crippen LogP contribution is -2.03. The normalized spacial score (nSPS) is 10.3. The highest BCUT2D eigenvalue weighted by Gasteiger charge is 2.18. The van der Waals surface area contributed by atoms with Crippen LogP contribution in [0.25, 0.3) is 5.69 Å². The first-order valence-corrected chi connectivity index (χ1v) is 5.31. The summed E-state index contributed by atoms with van der Waals surface area (Å²) >= 11 is 0. The zero-order valence-corrected chi connectivity index (χ0v) is 9.95. The van der Waals surface area contributed by atoms with E-state index in [0.717, 1.165) is 5.69 Å². The fraction of sp³-hybridized carbons (Fsp3) is 0.167. The fourth-order valence-corrected chi connectivity index (χ4v) is 1.63. The number of nitro groups is 1. The van der Waals surface area contributed by atoms with Gasteiger partial charge in [-0.2, -0.15) is 5.10 Å². The summed E-state index contributed by atoms with van der Waals surface area (Å²) in [5.41, 5.74) is 1.29. The zero-order chi connectivity index (χ0) is 13.3. The number of nitro benzene ring substituents is 1. The molecule has 1 aromatic heterocycles. The molecule has 92 valence electrons. The van der Waals surface area contributed by atoms with Crippen molar-refractivity contribution in [3.8, 4) is 5.69 Å². The second-order valence-corrected chi connectivity index (χ2v) is 3.92. The van der Waals surface area contributed by atoms with Gasteiger partial charge in [0.2, 0.25) is 0 Å². The second-order valence-electron chi connectivity index (χ2n) is 3.92. The van der Waals surface area contributed by atoms with Gasteiger partial charge in [-0.15, -0.1) is 0 Å². The smallest absolute Gasteiger partial charge is 0.295 e. The number of hydrogen-bond acceptors (Lipinski definition) is 4. The minimum Gasteiger partial charge on any atom is -0.295 e. The van der Waals surface area contributed by atoms with Crippen LogP contribution in [0.5, 0.6) is 0 Å². The largest absolute Gasteiger partial charge is 0.295 e. The van der Waals surface area contributed by atoms with E-state index in [0.29, 0.717) is 11.3 Å². The highest BCUT2D eigenvalue weighted by Crippen LogP contribution is 2.24. The molecule has 0 unspecified atom stereocenters. The lowest BCUT2D eigenvalue weighted by atomic mass is 10.1. The zero-order valence-electron chi connectivity index (χ0n) is 9.95. The Kier molecular flexibility index (Phi) is 2.93. The number of hydrogen-bond donors (Lipinski definition) is 0. The highest BCUT2D eigenvalue weighted by molar-refractivity contribution is 5.95. The molecule has 0 saturated heterocycles. The number of aryl methyl sites for hydroxylation is 1. The van der Waals surface area contributed by atoms with Crippen molar-refractivity contribution in [3.05, 3.63) is 51.8 Å². The Morgan fingerprint density at radius 2 is 2.11 bits per heavy atom. The topological polar surface area (TPSA) is 78.0 Å². The van der Waals surface area contributed by atoms with Crippen LogP contribution in [0.4, 0.5) is 5.69 Å². The summed E-state index contributed by atoms with van der Waals surface area (Å²) in [6.07, 6.45) is 1.64. The van der Waals surface area contributed by atoms with Crippen LogP contribution in [0.1, 0.15) is 23.0 Å². The third kappa shape index (κ3) is 2.13. The van der Waals surface area contributed by atoms with Crippen molar-refractivity contribution in [2.75, 3.05) is 0 Å². The summed E-state index contributed by atoms with van der Waals surface area (Å²) in [4.78, 5) is 21.7. The predicted molar refractivity (Wildman–Crippen MR) is 65.0 cm³/mol. The van der Waals surface area contributed by atoms with E-state index >= 15 is 0 Å². The molecule has 0 radical (unpaired) electrons. The van der Waals surface area contributed by atoms with Gasteiger partial charge in [-0.3, -0.25) is 14.9 Å². The molecule has 1 heterocycles. The molecule has 0 aliphatic carbocycles. The maximum atomic E-state index is 11.2. The molecule has 0 N–H and O–H groups in total. The van der Waals surface area contributed by atoms with E-state index in [1.165, 1.54) is 23.7 Å². The number of carbonyl (C=O) groups excluding carboxylic acids is 1. The number of carbonyl (C=O) groups is 1. The first-order valence-electron chi connectivity index (χ1n) is 5.31. The Morgan fingerprint density at radius 1 is 1.39 bits per heavy atom. The molecule has 0 aliphatic rings. The summed E-state index contributed by atoms with van der Waals surface area (Å²) in [5.74, 6) is -0.207. The van der Waals surface area contributed by atoms with Crippen LogP contribution in [0.2, 0.25) is 0 Å². The van der Waals surface area contributed by atoms with Crippen LogP contribution in [0.15, 0.2) is 30.5 Å². The molecule has 18 heavy (non-hydrogen) atoms. The number of aromatic nitrogens is 2. The van der Waals surface area contributed by atoms with Gasteiger partial charge >= 0.3 is 0 Å². The summed E-state index contributed by atoms with van der Waals surface area (Å²) in [7, 11) is 0. The maximum Gasteiger partial charge on any atom is 0.295 e. The van der Waals surface area contributed by atoms with Gasteiger partial charge in [0.05, 0.1) is 10.6 Å². The third-order valence-electron chi connectivity index (χ3n) is 2.55. The third-order valence-corrected chi connectivity index (χ3v) is 2.55. The standard InChI is InChI=1S/C12H11N3O3/c1-8-5-6-14(13-8)11-4-3-10(9(2)16)7-12(11)15(17)18/h3-7H,1-2H3. The van der Waals surface area contributed by atoms with E-state index in [1.54, 1.807) is 25.3 Å². The van der Waals surface area contributed by atoms with Crippen molar-refractivity contribution in [3.63, 3.8) is 0 Å². The van der Waals surface area contributed by atoms with Crippen molar-refractivity contribution in [1.29, 1.82) is 0 Å². The molecular formula is C12H11N3O3. The SMILES string of the molecule is CC(=O)c1ccc(-n2ccc(C)n2)c([N+](=O)[O-])c1. The second kappa shape index (κ2) is 4.40. The number of benzene rings is 1. The van der Waals surface area contributed by atoms with Crippen molar-refractivity contribution in [2.24, 2.45) is 0 Å². The minimum atomic E-state index is -0.515. The number of Topliss-reactive ketones (excluding diaryl/α,β-unsaturated/α-hetero) is 1. The lowest BCUT2D eigenvalue weighted by molar-refractivity contribution is -0.384. The Balaban J connectivity index is 2.60. The monoisotopic (exact) mass is 245 g/mol. The van der Waals surface area contributed by atoms with Crippen LogP contribution in [-0.4, -0.2) is 20.5 Å². The van der Waals surface area contributed by atoms with Gasteiger partial charge in [-0.25, -0.2) is 4.68 Å². The molecule has 2 aromatic rings. The van der Waals surface area contributed by atoms with Crippen molar-refractivity contribution < 1.29 is 9.72 Å². The van der Waals surface area contributed by atoms with Crippen LogP contribution < -0.4 is 0 Å². The van der Waals surface area contributed by atoms with Crippen LogP contribution in [0, 0.1) is 17.0 Å². The van der Waals surface area contributed by atoms with Gasteiger partial charge in [0.15, 0.2) is 5.78 Å². The van der Waals surface area contributed by atoms with Crippen molar-refractivity contribution in [1.82, 2.24) is 9.78 Å². The van der Waals surface area contributed by atoms with E-state index in [-0.39, 0.29) is 11.5 Å². The molecular weight excluding hydrogens is 234 g/mol. The molecule has 0 bridgehead atoms. The fourth-order valence-electron chi connectivity index (χ4n) is 1.63. The molecule has 6 heteroatoms.